The summed E-state index contributed by atoms with van der Waals surface area (Å²) in [6, 6.07) is 7.46. The highest BCUT2D eigenvalue weighted by Gasteiger charge is 2.02. The number of carbonyl (C=O) groups is 1. The first-order valence-electron chi connectivity index (χ1n) is 7.13. The van der Waals surface area contributed by atoms with Gasteiger partial charge in [0.1, 0.15) is 6.29 Å². The molecular weight excluding hydrogens is 268 g/mol. The number of likely N-dealkylation sites (N-methyl/N-ethyl adjacent to an activating group) is 1. The Bertz CT molecular complexity index is 347. The molecule has 0 aliphatic carbocycles. The Morgan fingerprint density at radius 1 is 1.14 bits per heavy atom. The molecule has 1 saturated heterocycles. The monoisotopic (exact) mass is 296 g/mol. The smallest absolute Gasteiger partial charge is 0.150 e. The van der Waals surface area contributed by atoms with E-state index in [9.17, 15) is 4.79 Å². The summed E-state index contributed by atoms with van der Waals surface area (Å²) in [6.07, 6.45) is 0.847. The third-order valence-electron chi connectivity index (χ3n) is 2.45. The fourth-order valence-corrected chi connectivity index (χ4v) is 1.30. The van der Waals surface area contributed by atoms with E-state index in [1.54, 1.807) is 0 Å². The minimum Gasteiger partial charge on any atom is -0.379 e. The number of hydrogen-bond acceptors (Lipinski definition) is 5. The average molecular weight is 296 g/mol. The first kappa shape index (κ1) is 21.7. The number of rotatable bonds is 1. The maximum Gasteiger partial charge on any atom is 0.150 e. The van der Waals surface area contributed by atoms with Gasteiger partial charge in [-0.25, -0.2) is 0 Å². The van der Waals surface area contributed by atoms with Gasteiger partial charge in [-0.3, -0.25) is 4.79 Å². The van der Waals surface area contributed by atoms with Gasteiger partial charge < -0.3 is 9.64 Å². The largest absolute Gasteiger partial charge is 0.379 e. The Kier molecular flexibility index (Phi) is 17.0. The minimum absolute atomic E-state index is 0.737. The van der Waals surface area contributed by atoms with Gasteiger partial charge in [0.05, 0.1) is 20.3 Å². The standard InChI is InChI=1S/C8H8O.C5H11NO.C2H6.CH3NO/c1-7-2-4-8(6-9)5-3-7;1-6-2-4-7-5-3-6;1-2;1-2-3/h2-6H,1H3;2-5H2,1H3;1-2H3;1H3. The third kappa shape index (κ3) is 14.6. The van der Waals surface area contributed by atoms with Gasteiger partial charge in [-0.15, -0.1) is 0 Å². The van der Waals surface area contributed by atoms with Crippen molar-refractivity contribution >= 4 is 6.29 Å². The minimum atomic E-state index is 0.737. The Labute approximate surface area is 128 Å². The van der Waals surface area contributed by atoms with Crippen LogP contribution in [-0.4, -0.2) is 51.6 Å². The molecule has 1 aromatic carbocycles. The quantitative estimate of drug-likeness (QED) is 0.590. The lowest BCUT2D eigenvalue weighted by Gasteiger charge is -2.21. The summed E-state index contributed by atoms with van der Waals surface area (Å²) in [4.78, 5) is 20.9. The summed E-state index contributed by atoms with van der Waals surface area (Å²) in [5.41, 5.74) is 1.92. The van der Waals surface area contributed by atoms with E-state index in [1.807, 2.05) is 45.0 Å². The second-order valence-electron chi connectivity index (χ2n) is 4.13. The molecule has 0 radical (unpaired) electrons. The number of aldehydes is 1. The molecule has 5 heteroatoms. The van der Waals surface area contributed by atoms with Crippen LogP contribution in [0.2, 0.25) is 0 Å². The zero-order valence-corrected chi connectivity index (χ0v) is 13.8. The highest BCUT2D eigenvalue weighted by atomic mass is 16.5. The van der Waals surface area contributed by atoms with E-state index in [0.29, 0.717) is 0 Å². The number of nitroso groups, excluding NO2 is 1. The van der Waals surface area contributed by atoms with E-state index in [0.717, 1.165) is 38.2 Å². The lowest BCUT2D eigenvalue weighted by Crippen LogP contribution is -2.32. The van der Waals surface area contributed by atoms with Crippen LogP contribution < -0.4 is 0 Å². The average Bonchev–Trinajstić information content (AvgIpc) is 2.52. The van der Waals surface area contributed by atoms with Gasteiger partial charge in [-0.05, 0) is 14.0 Å². The Morgan fingerprint density at radius 3 is 1.86 bits per heavy atom. The summed E-state index contributed by atoms with van der Waals surface area (Å²) < 4.78 is 5.10. The topological polar surface area (TPSA) is 59.0 Å². The number of hydrogen-bond donors (Lipinski definition) is 0. The normalized spacial score (nSPS) is 13.2. The molecule has 1 aliphatic heterocycles. The van der Waals surface area contributed by atoms with Crippen LogP contribution in [0, 0.1) is 11.8 Å². The first-order valence-corrected chi connectivity index (χ1v) is 7.13. The number of nitrogens with zero attached hydrogens (tertiary/aromatic N) is 2. The van der Waals surface area contributed by atoms with Gasteiger partial charge in [-0.2, -0.15) is 4.91 Å². The highest BCUT2D eigenvalue weighted by molar-refractivity contribution is 5.74. The van der Waals surface area contributed by atoms with Gasteiger partial charge in [0.25, 0.3) is 0 Å². The van der Waals surface area contributed by atoms with Crippen LogP contribution in [0.25, 0.3) is 0 Å². The van der Waals surface area contributed by atoms with Crippen molar-refractivity contribution in [1.82, 2.24) is 4.90 Å². The van der Waals surface area contributed by atoms with Crippen molar-refractivity contribution in [2.45, 2.75) is 20.8 Å². The first-order chi connectivity index (χ1) is 10.1. The maximum absolute atomic E-state index is 10.1. The van der Waals surface area contributed by atoms with E-state index >= 15 is 0 Å². The zero-order chi connectivity index (χ0) is 16.5. The molecule has 21 heavy (non-hydrogen) atoms. The molecule has 0 saturated carbocycles. The van der Waals surface area contributed by atoms with Gasteiger partial charge >= 0.3 is 0 Å². The van der Waals surface area contributed by atoms with Crippen LogP contribution in [0.1, 0.15) is 29.8 Å². The molecule has 1 aliphatic rings. The predicted octanol–water partition coefficient (Wildman–Crippen LogP) is 3.16. The Hall–Kier alpha value is -1.59. The molecule has 5 nitrogen and oxygen atoms in total. The number of morpholine rings is 1. The van der Waals surface area contributed by atoms with Gasteiger partial charge in [0.15, 0.2) is 0 Å². The molecular formula is C16H28N2O3. The molecule has 2 rings (SSSR count). The van der Waals surface area contributed by atoms with Crippen molar-refractivity contribution in [2.75, 3.05) is 40.4 Å². The molecule has 120 valence electrons. The number of carbonyl (C=O) groups excluding carboxylic acids is 1. The summed E-state index contributed by atoms with van der Waals surface area (Å²) in [6.45, 7) is 10.0. The molecule has 0 amide bonds. The van der Waals surface area contributed by atoms with Crippen LogP contribution in [0.15, 0.2) is 29.4 Å². The molecule has 0 aromatic heterocycles. The summed E-state index contributed by atoms with van der Waals surface area (Å²) >= 11 is 0. The fourth-order valence-electron chi connectivity index (χ4n) is 1.30. The van der Waals surface area contributed by atoms with E-state index in [1.165, 1.54) is 12.6 Å². The van der Waals surface area contributed by atoms with Crippen molar-refractivity contribution in [3.05, 3.63) is 40.3 Å². The number of aryl methyl sites for hydroxylation is 1. The highest BCUT2D eigenvalue weighted by Crippen LogP contribution is 1.98. The Morgan fingerprint density at radius 2 is 1.57 bits per heavy atom. The van der Waals surface area contributed by atoms with Crippen LogP contribution in [0.5, 0.6) is 0 Å². The fraction of sp³-hybridized carbons (Fsp3) is 0.562. The van der Waals surface area contributed by atoms with Crippen LogP contribution in [0.3, 0.4) is 0 Å². The van der Waals surface area contributed by atoms with Crippen molar-refractivity contribution in [1.29, 1.82) is 0 Å². The van der Waals surface area contributed by atoms with E-state index in [4.69, 9.17) is 9.64 Å². The van der Waals surface area contributed by atoms with Crippen molar-refractivity contribution in [2.24, 2.45) is 5.18 Å². The van der Waals surface area contributed by atoms with Crippen molar-refractivity contribution in [3.8, 4) is 0 Å². The second-order valence-corrected chi connectivity index (χ2v) is 4.13. The molecule has 0 spiro atoms. The number of benzene rings is 1. The molecule has 1 heterocycles. The molecule has 0 atom stereocenters. The maximum atomic E-state index is 10.1. The van der Waals surface area contributed by atoms with Gasteiger partial charge in [0, 0.05) is 18.7 Å². The predicted molar refractivity (Wildman–Crippen MR) is 87.9 cm³/mol. The van der Waals surface area contributed by atoms with Crippen LogP contribution in [-0.2, 0) is 4.74 Å². The second kappa shape index (κ2) is 16.5. The summed E-state index contributed by atoms with van der Waals surface area (Å²) in [7, 11) is 3.31. The van der Waals surface area contributed by atoms with Gasteiger partial charge in [0.2, 0.25) is 0 Å². The van der Waals surface area contributed by atoms with E-state index in [2.05, 4.69) is 17.1 Å². The number of ether oxygens (including phenoxy) is 1. The van der Waals surface area contributed by atoms with Crippen molar-refractivity contribution in [3.63, 3.8) is 0 Å². The van der Waals surface area contributed by atoms with Crippen molar-refractivity contribution < 1.29 is 9.53 Å². The summed E-state index contributed by atoms with van der Waals surface area (Å²) in [5, 5.41) is 2.25. The van der Waals surface area contributed by atoms with E-state index in [-0.39, 0.29) is 0 Å². The Balaban J connectivity index is 0. The van der Waals surface area contributed by atoms with E-state index < -0.39 is 0 Å². The lowest BCUT2D eigenvalue weighted by atomic mass is 10.2. The zero-order valence-electron chi connectivity index (χ0n) is 13.8. The third-order valence-corrected chi connectivity index (χ3v) is 2.45. The molecule has 0 N–H and O–H groups in total. The van der Waals surface area contributed by atoms with Crippen LogP contribution in [0.4, 0.5) is 0 Å². The SMILES string of the molecule is CC.CN1CCOCC1.CN=O.Cc1ccc(C=O)cc1. The lowest BCUT2D eigenvalue weighted by molar-refractivity contribution is 0.0503. The molecule has 1 fully saturated rings. The molecule has 0 bridgehead atoms. The molecule has 1 aromatic rings. The summed E-state index contributed by atoms with van der Waals surface area (Å²) in [5.74, 6) is 0. The molecule has 0 unspecified atom stereocenters. The van der Waals surface area contributed by atoms with Crippen LogP contribution >= 0.6 is 0 Å². The van der Waals surface area contributed by atoms with Gasteiger partial charge in [-0.1, -0.05) is 48.9 Å².